The minimum absolute atomic E-state index is 0.631. The van der Waals surface area contributed by atoms with E-state index >= 15 is 0 Å². The molecule has 4 heteroatoms. The van der Waals surface area contributed by atoms with E-state index in [1.54, 1.807) is 0 Å². The largest absolute Gasteiger partial charge is 0.229 e. The van der Waals surface area contributed by atoms with E-state index in [1.807, 2.05) is 0 Å². The third kappa shape index (κ3) is 1.19. The molecule has 3 nitrogen and oxygen atoms in total. The van der Waals surface area contributed by atoms with E-state index < -0.39 is 0 Å². The van der Waals surface area contributed by atoms with Gasteiger partial charge in [0.1, 0.15) is 4.60 Å². The van der Waals surface area contributed by atoms with Gasteiger partial charge in [0.25, 0.3) is 0 Å². The van der Waals surface area contributed by atoms with Gasteiger partial charge in [-0.05, 0) is 15.9 Å². The Morgan fingerprint density at radius 2 is 2.57 bits per heavy atom. The molecule has 1 radical (unpaired) electrons. The van der Waals surface area contributed by atoms with Gasteiger partial charge in [0.15, 0.2) is 0 Å². The Kier molecular flexibility index (Phi) is 1.31. The van der Waals surface area contributed by atoms with Crippen molar-refractivity contribution in [1.29, 1.82) is 0 Å². The van der Waals surface area contributed by atoms with Crippen molar-refractivity contribution < 1.29 is 0 Å². The predicted molar refractivity (Wildman–Crippen MR) is 26.4 cm³/mol. The smallest absolute Gasteiger partial charge is 0.221 e. The summed E-state index contributed by atoms with van der Waals surface area (Å²) in [5.41, 5.74) is 0. The molecule has 1 aromatic heterocycles. The molecular formula is C3HBrN3. The van der Waals surface area contributed by atoms with Crippen molar-refractivity contribution in [2.24, 2.45) is 0 Å². The SMILES string of the molecule is Brc1cn[c]nn1. The molecule has 35 valence electrons. The van der Waals surface area contributed by atoms with E-state index in [9.17, 15) is 0 Å². The van der Waals surface area contributed by atoms with Gasteiger partial charge < -0.3 is 0 Å². The molecule has 0 fully saturated rings. The molecular weight excluding hydrogens is 158 g/mol. The summed E-state index contributed by atoms with van der Waals surface area (Å²) in [7, 11) is 0. The van der Waals surface area contributed by atoms with Crippen LogP contribution in [0.4, 0.5) is 0 Å². The highest BCUT2D eigenvalue weighted by molar-refractivity contribution is 9.10. The van der Waals surface area contributed by atoms with Crippen molar-refractivity contribution in [2.75, 3.05) is 0 Å². The molecule has 0 saturated carbocycles. The second-order valence-electron chi connectivity index (χ2n) is 0.881. The first-order valence-electron chi connectivity index (χ1n) is 1.61. The summed E-state index contributed by atoms with van der Waals surface area (Å²) in [6, 6.07) is 0. The minimum Gasteiger partial charge on any atom is -0.229 e. The Balaban J connectivity index is 3.02. The fourth-order valence-electron chi connectivity index (χ4n) is 0.204. The van der Waals surface area contributed by atoms with Crippen molar-refractivity contribution in [1.82, 2.24) is 15.2 Å². The molecule has 1 rings (SSSR count). The highest BCUT2D eigenvalue weighted by Crippen LogP contribution is 1.95. The standard InChI is InChI=1S/C3HBrN3/c4-3-1-5-2-6-7-3/h1H. The van der Waals surface area contributed by atoms with Crippen molar-refractivity contribution >= 4 is 15.9 Å². The third-order valence-electron chi connectivity index (χ3n) is 0.419. The number of nitrogens with zero attached hydrogens (tertiary/aromatic N) is 3. The third-order valence-corrected chi connectivity index (χ3v) is 0.782. The molecule has 0 atom stereocenters. The lowest BCUT2D eigenvalue weighted by Gasteiger charge is -1.77. The summed E-state index contributed by atoms with van der Waals surface area (Å²) in [5, 5.41) is 6.88. The molecule has 0 amide bonds. The first-order valence-corrected chi connectivity index (χ1v) is 2.40. The van der Waals surface area contributed by atoms with E-state index in [-0.39, 0.29) is 0 Å². The highest BCUT2D eigenvalue weighted by Gasteiger charge is 1.79. The minimum atomic E-state index is 0.631. The van der Waals surface area contributed by atoms with Gasteiger partial charge in [0.05, 0.1) is 6.20 Å². The van der Waals surface area contributed by atoms with Crippen LogP contribution in [0.2, 0.25) is 0 Å². The summed E-state index contributed by atoms with van der Waals surface area (Å²) < 4.78 is 0.631. The normalized spacial score (nSPS) is 8.71. The second-order valence-corrected chi connectivity index (χ2v) is 1.69. The van der Waals surface area contributed by atoms with Gasteiger partial charge in [-0.2, -0.15) is 0 Å². The van der Waals surface area contributed by atoms with E-state index in [1.165, 1.54) is 6.20 Å². The van der Waals surface area contributed by atoms with Crippen LogP contribution in [0.25, 0.3) is 0 Å². The quantitative estimate of drug-likeness (QED) is 0.551. The molecule has 0 aliphatic rings. The molecule has 0 aliphatic heterocycles. The Hall–Kier alpha value is -0.510. The van der Waals surface area contributed by atoms with Crippen LogP contribution < -0.4 is 0 Å². The molecule has 1 heterocycles. The van der Waals surface area contributed by atoms with Gasteiger partial charge in [-0.25, -0.2) is 4.98 Å². The summed E-state index contributed by atoms with van der Waals surface area (Å²) >= 11 is 3.06. The maximum Gasteiger partial charge on any atom is 0.221 e. The monoisotopic (exact) mass is 158 g/mol. The topological polar surface area (TPSA) is 38.7 Å². The molecule has 1 aromatic rings. The first-order chi connectivity index (χ1) is 3.39. The average molecular weight is 159 g/mol. The molecule has 0 N–H and O–H groups in total. The van der Waals surface area contributed by atoms with Crippen molar-refractivity contribution in [2.45, 2.75) is 0 Å². The summed E-state index contributed by atoms with van der Waals surface area (Å²) in [4.78, 5) is 3.54. The Morgan fingerprint density at radius 3 is 2.86 bits per heavy atom. The molecule has 0 spiro atoms. The lowest BCUT2D eigenvalue weighted by Crippen LogP contribution is -1.81. The van der Waals surface area contributed by atoms with Gasteiger partial charge in [-0.1, -0.05) is 0 Å². The van der Waals surface area contributed by atoms with Gasteiger partial charge >= 0.3 is 0 Å². The van der Waals surface area contributed by atoms with Crippen LogP contribution in [0.15, 0.2) is 10.8 Å². The molecule has 0 aromatic carbocycles. The van der Waals surface area contributed by atoms with Crippen LogP contribution in [0.5, 0.6) is 0 Å². The van der Waals surface area contributed by atoms with Gasteiger partial charge in [0, 0.05) is 0 Å². The molecule has 0 bridgehead atoms. The Labute approximate surface area is 48.9 Å². The number of hydrogen-bond donors (Lipinski definition) is 0. The van der Waals surface area contributed by atoms with E-state index in [0.717, 1.165) is 0 Å². The zero-order valence-electron chi connectivity index (χ0n) is 3.30. The van der Waals surface area contributed by atoms with Crippen LogP contribution in [-0.2, 0) is 0 Å². The fraction of sp³-hybridized carbons (Fsp3) is 0. The average Bonchev–Trinajstić information content (AvgIpc) is 1.69. The van der Waals surface area contributed by atoms with Crippen molar-refractivity contribution in [3.05, 3.63) is 17.1 Å². The fourth-order valence-corrected chi connectivity index (χ4v) is 0.386. The first kappa shape index (κ1) is 4.64. The molecule has 0 unspecified atom stereocenters. The van der Waals surface area contributed by atoms with Crippen molar-refractivity contribution in [3.8, 4) is 0 Å². The number of halogens is 1. The van der Waals surface area contributed by atoms with E-state index in [2.05, 4.69) is 37.4 Å². The van der Waals surface area contributed by atoms with Gasteiger partial charge in [0.2, 0.25) is 6.33 Å². The zero-order chi connectivity index (χ0) is 5.11. The lowest BCUT2D eigenvalue weighted by atomic mass is 10.9. The zero-order valence-corrected chi connectivity index (χ0v) is 4.88. The summed E-state index contributed by atoms with van der Waals surface area (Å²) in [6.45, 7) is 0. The Morgan fingerprint density at radius 1 is 1.71 bits per heavy atom. The number of aromatic nitrogens is 3. The maximum absolute atomic E-state index is 3.54. The molecule has 0 saturated heterocycles. The van der Waals surface area contributed by atoms with Gasteiger partial charge in [-0.3, -0.25) is 0 Å². The summed E-state index contributed by atoms with van der Waals surface area (Å²) in [5.74, 6) is 0. The van der Waals surface area contributed by atoms with Crippen LogP contribution in [-0.4, -0.2) is 15.2 Å². The van der Waals surface area contributed by atoms with E-state index in [4.69, 9.17) is 0 Å². The summed E-state index contributed by atoms with van der Waals surface area (Å²) in [6.07, 6.45) is 3.81. The predicted octanol–water partition coefficient (Wildman–Crippen LogP) is 0.434. The molecule has 0 aliphatic carbocycles. The van der Waals surface area contributed by atoms with Crippen LogP contribution in [0.1, 0.15) is 0 Å². The Bertz CT molecular complexity index is 140. The number of rotatable bonds is 0. The number of hydrogen-bond acceptors (Lipinski definition) is 3. The lowest BCUT2D eigenvalue weighted by molar-refractivity contribution is 0.934. The van der Waals surface area contributed by atoms with Crippen LogP contribution >= 0.6 is 15.9 Å². The molecule has 7 heavy (non-hydrogen) atoms. The van der Waals surface area contributed by atoms with Crippen molar-refractivity contribution in [3.63, 3.8) is 0 Å². The van der Waals surface area contributed by atoms with E-state index in [0.29, 0.717) is 4.60 Å². The highest BCUT2D eigenvalue weighted by atomic mass is 79.9. The maximum atomic E-state index is 3.54. The second kappa shape index (κ2) is 1.97. The van der Waals surface area contributed by atoms with Gasteiger partial charge in [-0.15, -0.1) is 10.2 Å². The van der Waals surface area contributed by atoms with Crippen LogP contribution in [0, 0.1) is 6.33 Å². The van der Waals surface area contributed by atoms with Crippen LogP contribution in [0.3, 0.4) is 0 Å².